The zero-order chi connectivity index (χ0) is 24.9. The molecule has 0 saturated carbocycles. The van der Waals surface area contributed by atoms with E-state index in [-0.39, 0.29) is 23.4 Å². The molecule has 6 heteroatoms. The van der Waals surface area contributed by atoms with E-state index in [1.54, 1.807) is 6.20 Å². The van der Waals surface area contributed by atoms with Crippen LogP contribution in [-0.4, -0.2) is 45.3 Å². The van der Waals surface area contributed by atoms with Crippen LogP contribution in [0.4, 0.5) is 5.69 Å². The Morgan fingerprint density at radius 3 is 2.50 bits per heavy atom. The van der Waals surface area contributed by atoms with Gasteiger partial charge in [0, 0.05) is 37.1 Å². The molecular weight excluding hydrogens is 440 g/mol. The Hall–Kier alpha value is -2.05. The summed E-state index contributed by atoms with van der Waals surface area (Å²) >= 11 is 5.07. The molecule has 186 valence electrons. The van der Waals surface area contributed by atoms with Gasteiger partial charge in [0.1, 0.15) is 0 Å². The molecule has 1 saturated heterocycles. The van der Waals surface area contributed by atoms with Crippen LogP contribution in [0.15, 0.2) is 48.8 Å². The van der Waals surface area contributed by atoms with E-state index in [1.165, 1.54) is 5.56 Å². The molecule has 2 N–H and O–H groups in total. The van der Waals surface area contributed by atoms with Gasteiger partial charge in [-0.3, -0.25) is 14.7 Å². The minimum atomic E-state index is -0.477. The number of rotatable bonds is 10. The lowest BCUT2D eigenvalue weighted by molar-refractivity contribution is -0.122. The number of carbonyl (C=O) groups excluding carboxylic acids is 1. The number of hydrogen-bond acceptors (Lipinski definition) is 5. The second-order valence-corrected chi connectivity index (χ2v) is 11.5. The summed E-state index contributed by atoms with van der Waals surface area (Å²) in [7, 11) is 0. The molecule has 1 aromatic carbocycles. The second kappa shape index (κ2) is 11.1. The number of carbonyl (C=O) groups is 1. The van der Waals surface area contributed by atoms with Crippen LogP contribution < -0.4 is 10.6 Å². The summed E-state index contributed by atoms with van der Waals surface area (Å²) in [5, 5.41) is 6.89. The minimum Gasteiger partial charge on any atom is -0.368 e. The first-order valence-electron chi connectivity index (χ1n) is 12.6. The summed E-state index contributed by atoms with van der Waals surface area (Å²) in [6.07, 6.45) is 6.54. The van der Waals surface area contributed by atoms with Gasteiger partial charge in [-0.2, -0.15) is 0 Å². The van der Waals surface area contributed by atoms with Gasteiger partial charge in [-0.15, -0.1) is 12.6 Å². The van der Waals surface area contributed by atoms with E-state index in [0.29, 0.717) is 5.92 Å². The van der Waals surface area contributed by atoms with Crippen LogP contribution in [0.25, 0.3) is 0 Å². The minimum absolute atomic E-state index is 0.101. The number of likely N-dealkylation sites (tertiary alicyclic amines) is 1. The van der Waals surface area contributed by atoms with Crippen molar-refractivity contribution in [3.05, 3.63) is 59.9 Å². The van der Waals surface area contributed by atoms with Gasteiger partial charge < -0.3 is 10.6 Å². The Morgan fingerprint density at radius 2 is 1.91 bits per heavy atom. The standard InChI is InChI=1S/C28H42N4OS/c1-7-27(5,28(6,34)31-24-9-8-15-29-18-24)32-16-14-25(19-32)30-26(33)21(4)23-12-10-22(11-13-23)17-20(2)3/h8-13,15,18,20-21,25,31,34H,7,14,16-17,19H2,1-6H3,(H,30,33). The quantitative estimate of drug-likeness (QED) is 0.309. The van der Waals surface area contributed by atoms with E-state index in [9.17, 15) is 4.79 Å². The molecule has 4 unspecified atom stereocenters. The van der Waals surface area contributed by atoms with Gasteiger partial charge in [0.15, 0.2) is 0 Å². The van der Waals surface area contributed by atoms with E-state index in [4.69, 9.17) is 12.6 Å². The molecule has 2 aromatic rings. The van der Waals surface area contributed by atoms with E-state index in [0.717, 1.165) is 43.6 Å². The Labute approximate surface area is 211 Å². The third-order valence-electron chi connectivity index (χ3n) is 7.54. The molecule has 3 rings (SSSR count). The van der Waals surface area contributed by atoms with Gasteiger partial charge in [0.05, 0.1) is 16.5 Å². The molecule has 4 atom stereocenters. The lowest BCUT2D eigenvalue weighted by atomic mass is 9.87. The number of nitrogens with one attached hydrogen (secondary N) is 2. The van der Waals surface area contributed by atoms with E-state index in [2.05, 4.69) is 79.4 Å². The zero-order valence-corrected chi connectivity index (χ0v) is 22.5. The number of hydrogen-bond donors (Lipinski definition) is 3. The molecule has 1 aliphatic heterocycles. The fraction of sp³-hybridized carbons (Fsp3) is 0.571. The Morgan fingerprint density at radius 1 is 1.21 bits per heavy atom. The molecule has 34 heavy (non-hydrogen) atoms. The van der Waals surface area contributed by atoms with Crippen molar-refractivity contribution >= 4 is 24.2 Å². The van der Waals surface area contributed by atoms with Crippen molar-refractivity contribution in [2.45, 2.75) is 83.2 Å². The monoisotopic (exact) mass is 482 g/mol. The van der Waals surface area contributed by atoms with Crippen LogP contribution >= 0.6 is 12.6 Å². The predicted molar refractivity (Wildman–Crippen MR) is 145 cm³/mol. The van der Waals surface area contributed by atoms with E-state index >= 15 is 0 Å². The summed E-state index contributed by atoms with van der Waals surface area (Å²) in [6.45, 7) is 14.8. The predicted octanol–water partition coefficient (Wildman–Crippen LogP) is 5.50. The Kier molecular flexibility index (Phi) is 8.69. The van der Waals surface area contributed by atoms with E-state index in [1.807, 2.05) is 25.3 Å². The molecule has 0 bridgehead atoms. The van der Waals surface area contributed by atoms with Crippen molar-refractivity contribution in [2.75, 3.05) is 18.4 Å². The summed E-state index contributed by atoms with van der Waals surface area (Å²) in [4.78, 5) is 19.3. The number of nitrogens with zero attached hydrogens (tertiary/aromatic N) is 2. The number of pyridine rings is 1. The van der Waals surface area contributed by atoms with Crippen LogP contribution in [0, 0.1) is 5.92 Å². The maximum atomic E-state index is 13.1. The topological polar surface area (TPSA) is 57.3 Å². The van der Waals surface area contributed by atoms with Crippen molar-refractivity contribution in [3.8, 4) is 0 Å². The number of benzene rings is 1. The van der Waals surface area contributed by atoms with Crippen LogP contribution in [0.3, 0.4) is 0 Å². The lowest BCUT2D eigenvalue weighted by Gasteiger charge is -2.50. The van der Waals surface area contributed by atoms with Gasteiger partial charge in [0.2, 0.25) is 5.91 Å². The number of amides is 1. The molecule has 1 amide bonds. The Bertz CT molecular complexity index is 931. The SMILES string of the molecule is CCC(C)(N1CCC(NC(=O)C(C)c2ccc(CC(C)C)cc2)C1)C(C)(S)Nc1cccnc1. The maximum Gasteiger partial charge on any atom is 0.227 e. The van der Waals surface area contributed by atoms with Crippen molar-refractivity contribution < 1.29 is 4.79 Å². The van der Waals surface area contributed by atoms with Gasteiger partial charge >= 0.3 is 0 Å². The molecular formula is C28H42N4OS. The van der Waals surface area contributed by atoms with Crippen LogP contribution in [0.2, 0.25) is 0 Å². The molecule has 0 aliphatic carbocycles. The molecule has 1 aliphatic rings. The first-order chi connectivity index (χ1) is 16.1. The van der Waals surface area contributed by atoms with E-state index < -0.39 is 4.87 Å². The molecule has 2 heterocycles. The normalized spacial score (nSPS) is 21.0. The molecule has 1 fully saturated rings. The van der Waals surface area contributed by atoms with Gasteiger partial charge in [-0.1, -0.05) is 45.0 Å². The van der Waals surface area contributed by atoms with Crippen LogP contribution in [0.1, 0.15) is 71.4 Å². The first kappa shape index (κ1) is 26.6. The number of thiol groups is 1. The molecule has 5 nitrogen and oxygen atoms in total. The molecule has 0 spiro atoms. The highest BCUT2D eigenvalue weighted by atomic mass is 32.1. The first-order valence-corrected chi connectivity index (χ1v) is 13.0. The van der Waals surface area contributed by atoms with Crippen LogP contribution in [-0.2, 0) is 11.2 Å². The fourth-order valence-electron chi connectivity index (χ4n) is 4.95. The third kappa shape index (κ3) is 6.14. The van der Waals surface area contributed by atoms with Crippen molar-refractivity contribution in [1.29, 1.82) is 0 Å². The van der Waals surface area contributed by atoms with Gasteiger partial charge in [0.25, 0.3) is 0 Å². The fourth-order valence-corrected chi connectivity index (χ4v) is 5.37. The number of anilines is 1. The van der Waals surface area contributed by atoms with Crippen molar-refractivity contribution in [3.63, 3.8) is 0 Å². The highest BCUT2D eigenvalue weighted by Crippen LogP contribution is 2.39. The van der Waals surface area contributed by atoms with Crippen molar-refractivity contribution in [2.24, 2.45) is 5.92 Å². The molecule has 0 radical (unpaired) electrons. The highest BCUT2D eigenvalue weighted by molar-refractivity contribution is 7.82. The zero-order valence-electron chi connectivity index (χ0n) is 21.6. The van der Waals surface area contributed by atoms with Crippen LogP contribution in [0.5, 0.6) is 0 Å². The summed E-state index contributed by atoms with van der Waals surface area (Å²) in [5.74, 6) is 0.565. The average molecular weight is 483 g/mol. The van der Waals surface area contributed by atoms with Gasteiger partial charge in [-0.05, 0) is 69.2 Å². The third-order valence-corrected chi connectivity index (χ3v) is 8.13. The van der Waals surface area contributed by atoms with Gasteiger partial charge in [-0.25, -0.2) is 0 Å². The smallest absolute Gasteiger partial charge is 0.227 e. The molecule has 1 aromatic heterocycles. The summed E-state index contributed by atoms with van der Waals surface area (Å²) < 4.78 is 0. The maximum absolute atomic E-state index is 13.1. The Balaban J connectivity index is 1.61. The second-order valence-electron chi connectivity index (χ2n) is 10.6. The number of aromatic nitrogens is 1. The lowest BCUT2D eigenvalue weighted by Crippen LogP contribution is -2.61. The largest absolute Gasteiger partial charge is 0.368 e. The summed E-state index contributed by atoms with van der Waals surface area (Å²) in [5.41, 5.74) is 3.15. The highest BCUT2D eigenvalue weighted by Gasteiger charge is 2.47. The average Bonchev–Trinajstić information content (AvgIpc) is 3.27. The van der Waals surface area contributed by atoms with Crippen molar-refractivity contribution in [1.82, 2.24) is 15.2 Å². The summed E-state index contributed by atoms with van der Waals surface area (Å²) in [6, 6.07) is 12.6.